The summed E-state index contributed by atoms with van der Waals surface area (Å²) in [6, 6.07) is 10.5. The first-order valence-corrected chi connectivity index (χ1v) is 12.7. The molecule has 1 fully saturated rings. The molecule has 1 aromatic heterocycles. The van der Waals surface area contributed by atoms with Crippen molar-refractivity contribution in [1.82, 2.24) is 14.2 Å². The minimum Gasteiger partial charge on any atom is -0.304 e. The van der Waals surface area contributed by atoms with Crippen molar-refractivity contribution in [3.63, 3.8) is 0 Å². The number of rotatable bonds is 5. The predicted octanol–water partition coefficient (Wildman–Crippen LogP) is 2.03. The van der Waals surface area contributed by atoms with Gasteiger partial charge in [0.15, 0.2) is 0 Å². The molecular formula is C18H20N4O4S3. The number of sulfonamides is 2. The van der Waals surface area contributed by atoms with E-state index in [1.54, 1.807) is 17.6 Å². The van der Waals surface area contributed by atoms with Crippen molar-refractivity contribution in [3.8, 4) is 0 Å². The van der Waals surface area contributed by atoms with E-state index in [0.29, 0.717) is 31.9 Å². The molecule has 8 nitrogen and oxygen atoms in total. The summed E-state index contributed by atoms with van der Waals surface area (Å²) in [5, 5.41) is 0. The second-order valence-electron chi connectivity index (χ2n) is 6.82. The highest BCUT2D eigenvalue weighted by atomic mass is 32.2. The van der Waals surface area contributed by atoms with Crippen LogP contribution in [0.1, 0.15) is 0 Å². The molecule has 4 rings (SSSR count). The number of nitrogens with zero attached hydrogens (tertiary/aromatic N) is 3. The minimum atomic E-state index is -3.79. The maximum atomic E-state index is 12.8. The quantitative estimate of drug-likeness (QED) is 0.636. The van der Waals surface area contributed by atoms with Gasteiger partial charge >= 0.3 is 0 Å². The maximum Gasteiger partial charge on any atom is 0.261 e. The summed E-state index contributed by atoms with van der Waals surface area (Å²) >= 11 is 1.36. The van der Waals surface area contributed by atoms with Gasteiger partial charge in [0.25, 0.3) is 10.0 Å². The van der Waals surface area contributed by atoms with Gasteiger partial charge in [-0.2, -0.15) is 4.31 Å². The largest absolute Gasteiger partial charge is 0.304 e. The van der Waals surface area contributed by atoms with Crippen LogP contribution >= 0.6 is 11.3 Å². The molecule has 0 bridgehead atoms. The third-order valence-electron chi connectivity index (χ3n) is 4.82. The lowest BCUT2D eigenvalue weighted by molar-refractivity contribution is 0.222. The number of likely N-dealkylation sites (N-methyl/N-ethyl adjacent to an activating group) is 1. The van der Waals surface area contributed by atoms with Crippen LogP contribution < -0.4 is 4.72 Å². The Balaban J connectivity index is 1.53. The molecule has 1 saturated heterocycles. The van der Waals surface area contributed by atoms with Crippen LogP contribution in [0.5, 0.6) is 0 Å². The Morgan fingerprint density at radius 3 is 2.28 bits per heavy atom. The summed E-state index contributed by atoms with van der Waals surface area (Å²) < 4.78 is 55.6. The van der Waals surface area contributed by atoms with Gasteiger partial charge in [0.1, 0.15) is 0 Å². The molecular weight excluding hydrogens is 432 g/mol. The first-order chi connectivity index (χ1) is 13.8. The van der Waals surface area contributed by atoms with Crippen LogP contribution in [0.4, 0.5) is 5.69 Å². The Hall–Kier alpha value is -2.05. The number of piperazine rings is 1. The fourth-order valence-corrected chi connectivity index (χ4v) is 6.39. The standard InChI is InChI=1S/C18H20N4O4S3/c1-21-8-10-22(11-9-21)29(25,26)15-4-2-14(3-5-15)20-28(23,24)16-6-7-17-18(12-16)27-13-19-17/h2-7,12-13,20H,8-11H2,1H3. The van der Waals surface area contributed by atoms with Crippen LogP contribution in [0.3, 0.4) is 0 Å². The third kappa shape index (κ3) is 4.14. The molecule has 29 heavy (non-hydrogen) atoms. The Morgan fingerprint density at radius 2 is 1.59 bits per heavy atom. The molecule has 1 aliphatic heterocycles. The molecule has 0 aliphatic carbocycles. The van der Waals surface area contributed by atoms with Gasteiger partial charge in [0.05, 0.1) is 25.5 Å². The number of hydrogen-bond donors (Lipinski definition) is 1. The van der Waals surface area contributed by atoms with Crippen molar-refractivity contribution in [2.24, 2.45) is 0 Å². The minimum absolute atomic E-state index is 0.128. The van der Waals surface area contributed by atoms with E-state index in [0.717, 1.165) is 10.2 Å². The molecule has 3 aromatic rings. The summed E-state index contributed by atoms with van der Waals surface area (Å²) in [4.78, 5) is 6.50. The SMILES string of the molecule is CN1CCN(S(=O)(=O)c2ccc(NS(=O)(=O)c3ccc4ncsc4c3)cc2)CC1. The maximum absolute atomic E-state index is 12.8. The lowest BCUT2D eigenvalue weighted by Gasteiger charge is -2.31. The lowest BCUT2D eigenvalue weighted by atomic mass is 10.3. The fraction of sp³-hybridized carbons (Fsp3) is 0.278. The Morgan fingerprint density at radius 1 is 0.931 bits per heavy atom. The van der Waals surface area contributed by atoms with Crippen LogP contribution in [0.2, 0.25) is 0 Å². The first kappa shape index (κ1) is 20.2. The second kappa shape index (κ2) is 7.65. The summed E-state index contributed by atoms with van der Waals surface area (Å²) in [6.45, 7) is 2.24. The molecule has 0 radical (unpaired) electrons. The van der Waals surface area contributed by atoms with Gasteiger partial charge in [-0.1, -0.05) is 0 Å². The average Bonchev–Trinajstić information content (AvgIpc) is 3.16. The van der Waals surface area contributed by atoms with E-state index in [1.807, 2.05) is 7.05 Å². The number of thiazole rings is 1. The number of benzene rings is 2. The second-order valence-corrected chi connectivity index (χ2v) is 11.3. The van der Waals surface area contributed by atoms with E-state index >= 15 is 0 Å². The Kier molecular flexibility index (Phi) is 5.34. The van der Waals surface area contributed by atoms with Crippen molar-refractivity contribution in [3.05, 3.63) is 48.0 Å². The average molecular weight is 453 g/mol. The Labute approximate surface area is 173 Å². The van der Waals surface area contributed by atoms with Gasteiger partial charge in [0, 0.05) is 31.9 Å². The van der Waals surface area contributed by atoms with Crippen LogP contribution in [0.25, 0.3) is 10.2 Å². The number of fused-ring (bicyclic) bond motifs is 1. The highest BCUT2D eigenvalue weighted by Crippen LogP contribution is 2.25. The Bertz CT molecular complexity index is 1230. The van der Waals surface area contributed by atoms with Crippen LogP contribution in [-0.4, -0.2) is 64.3 Å². The van der Waals surface area contributed by atoms with E-state index in [1.165, 1.54) is 46.0 Å². The molecule has 0 unspecified atom stereocenters. The summed E-state index contributed by atoms with van der Waals surface area (Å²) in [5.74, 6) is 0. The molecule has 2 heterocycles. The lowest BCUT2D eigenvalue weighted by Crippen LogP contribution is -2.46. The van der Waals surface area contributed by atoms with Gasteiger partial charge in [0.2, 0.25) is 10.0 Å². The van der Waals surface area contributed by atoms with Crippen molar-refractivity contribution in [1.29, 1.82) is 0 Å². The van der Waals surface area contributed by atoms with Crippen molar-refractivity contribution in [2.75, 3.05) is 37.9 Å². The molecule has 0 amide bonds. The summed E-state index contributed by atoms with van der Waals surface area (Å²) in [7, 11) is -5.43. The zero-order chi connectivity index (χ0) is 20.6. The van der Waals surface area contributed by atoms with E-state index in [9.17, 15) is 16.8 Å². The van der Waals surface area contributed by atoms with Crippen LogP contribution in [0.15, 0.2) is 57.8 Å². The smallest absolute Gasteiger partial charge is 0.261 e. The summed E-state index contributed by atoms with van der Waals surface area (Å²) in [6.07, 6.45) is 0. The highest BCUT2D eigenvalue weighted by molar-refractivity contribution is 7.92. The monoisotopic (exact) mass is 452 g/mol. The van der Waals surface area contributed by atoms with Gasteiger partial charge in [-0.3, -0.25) is 4.72 Å². The van der Waals surface area contributed by atoms with Gasteiger partial charge in [-0.25, -0.2) is 21.8 Å². The molecule has 0 atom stereocenters. The topological polar surface area (TPSA) is 99.7 Å². The molecule has 0 saturated carbocycles. The molecule has 154 valence electrons. The van der Waals surface area contributed by atoms with Crippen molar-refractivity contribution in [2.45, 2.75) is 9.79 Å². The molecule has 2 aromatic carbocycles. The van der Waals surface area contributed by atoms with Gasteiger partial charge < -0.3 is 4.90 Å². The third-order valence-corrected chi connectivity index (χ3v) is 8.90. The van der Waals surface area contributed by atoms with Crippen molar-refractivity contribution >= 4 is 47.3 Å². The summed E-state index contributed by atoms with van der Waals surface area (Å²) in [5.41, 5.74) is 2.70. The van der Waals surface area contributed by atoms with Gasteiger partial charge in [-0.05, 0) is 49.5 Å². The van der Waals surface area contributed by atoms with E-state index < -0.39 is 20.0 Å². The number of anilines is 1. The van der Waals surface area contributed by atoms with E-state index in [2.05, 4.69) is 14.6 Å². The van der Waals surface area contributed by atoms with Crippen molar-refractivity contribution < 1.29 is 16.8 Å². The van der Waals surface area contributed by atoms with Gasteiger partial charge in [-0.15, -0.1) is 11.3 Å². The number of hydrogen-bond acceptors (Lipinski definition) is 7. The molecule has 1 N–H and O–H groups in total. The van der Waals surface area contributed by atoms with E-state index in [-0.39, 0.29) is 9.79 Å². The van der Waals surface area contributed by atoms with E-state index in [4.69, 9.17) is 0 Å². The zero-order valence-electron chi connectivity index (χ0n) is 15.6. The zero-order valence-corrected chi connectivity index (χ0v) is 18.1. The fourth-order valence-electron chi connectivity index (χ4n) is 3.09. The molecule has 11 heteroatoms. The number of nitrogens with one attached hydrogen (secondary N) is 1. The van der Waals surface area contributed by atoms with Crippen LogP contribution in [-0.2, 0) is 20.0 Å². The van der Waals surface area contributed by atoms with Crippen LogP contribution in [0, 0.1) is 0 Å². The molecule has 1 aliphatic rings. The molecule has 0 spiro atoms. The highest BCUT2D eigenvalue weighted by Gasteiger charge is 2.27. The number of aromatic nitrogens is 1. The predicted molar refractivity (Wildman–Crippen MR) is 113 cm³/mol. The normalized spacial score (nSPS) is 16.9. The first-order valence-electron chi connectivity index (χ1n) is 8.90.